The van der Waals surface area contributed by atoms with Crippen molar-refractivity contribution in [2.24, 2.45) is 0 Å². The number of halogens is 1. The van der Waals surface area contributed by atoms with Crippen molar-refractivity contribution >= 4 is 23.0 Å². The zero-order valence-electron chi connectivity index (χ0n) is 21.2. The zero-order chi connectivity index (χ0) is 26.8. The highest BCUT2D eigenvalue weighted by atomic mass is 19.1. The molecule has 0 radical (unpaired) electrons. The van der Waals surface area contributed by atoms with E-state index in [4.69, 9.17) is 18.6 Å². The van der Waals surface area contributed by atoms with E-state index in [1.165, 1.54) is 19.2 Å². The van der Waals surface area contributed by atoms with Crippen LogP contribution in [0.2, 0.25) is 0 Å². The van der Waals surface area contributed by atoms with Crippen LogP contribution < -0.4 is 19.5 Å². The van der Waals surface area contributed by atoms with Crippen LogP contribution in [0.25, 0.3) is 22.3 Å². The largest absolute Gasteiger partial charge is 0.496 e. The molecule has 3 aromatic carbocycles. The van der Waals surface area contributed by atoms with Crippen LogP contribution in [0.5, 0.6) is 23.0 Å². The van der Waals surface area contributed by atoms with E-state index < -0.39 is 6.09 Å². The Hall–Kier alpha value is -4.53. The number of amides is 2. The second-order valence-electron chi connectivity index (χ2n) is 8.94. The number of rotatable bonds is 6. The number of furan rings is 1. The third-order valence-electron chi connectivity index (χ3n) is 6.58. The normalized spacial score (nSPS) is 14.9. The lowest BCUT2D eigenvalue weighted by molar-refractivity contribution is -0.129. The number of ether oxygens (including phenoxy) is 3. The number of carbonyl (C=O) groups excluding carboxylic acids is 2. The van der Waals surface area contributed by atoms with E-state index in [-0.39, 0.29) is 23.5 Å². The standard InChI is InChI=1S/C29H27FN2O6/c1-17(33)32-14-4-5-24(32)22-15-26-23(16-25(22)35-3)28(38-29(34)31-2)27(37-26)18-6-10-20(11-7-18)36-21-12-8-19(30)9-13-21/h6-13,15-16,24H,4-5,14H2,1-3H3,(H,31,34). The van der Waals surface area contributed by atoms with Crippen LogP contribution in [0.15, 0.2) is 65.1 Å². The molecule has 8 nitrogen and oxygen atoms in total. The number of likely N-dealkylation sites (tertiary alicyclic amines) is 1. The number of hydrogen-bond donors (Lipinski definition) is 1. The molecule has 1 fully saturated rings. The van der Waals surface area contributed by atoms with E-state index in [1.807, 2.05) is 11.0 Å². The molecule has 4 aromatic rings. The average molecular weight is 519 g/mol. The smallest absolute Gasteiger partial charge is 0.412 e. The van der Waals surface area contributed by atoms with Crippen molar-refractivity contribution in [1.82, 2.24) is 10.2 Å². The Labute approximate surface area is 218 Å². The highest BCUT2D eigenvalue weighted by Gasteiger charge is 2.32. The second-order valence-corrected chi connectivity index (χ2v) is 8.94. The molecular formula is C29H27FN2O6. The average Bonchev–Trinajstić information content (AvgIpc) is 3.55. The number of carbonyl (C=O) groups is 2. The minimum Gasteiger partial charge on any atom is -0.496 e. The molecule has 0 saturated carbocycles. The lowest BCUT2D eigenvalue weighted by Crippen LogP contribution is -2.28. The number of hydrogen-bond acceptors (Lipinski definition) is 6. The highest BCUT2D eigenvalue weighted by Crippen LogP contribution is 2.46. The van der Waals surface area contributed by atoms with Gasteiger partial charge in [-0.3, -0.25) is 4.79 Å². The maximum Gasteiger partial charge on any atom is 0.412 e. The molecule has 2 heterocycles. The lowest BCUT2D eigenvalue weighted by atomic mass is 10.0. The Balaban J connectivity index is 1.56. The van der Waals surface area contributed by atoms with Gasteiger partial charge in [0.15, 0.2) is 11.5 Å². The van der Waals surface area contributed by atoms with Gasteiger partial charge in [0.25, 0.3) is 0 Å². The third-order valence-corrected chi connectivity index (χ3v) is 6.58. The molecule has 0 bridgehead atoms. The van der Waals surface area contributed by atoms with Crippen molar-refractivity contribution in [3.8, 4) is 34.3 Å². The number of fused-ring (bicyclic) bond motifs is 1. The molecule has 1 aliphatic heterocycles. The third kappa shape index (κ3) is 4.87. The summed E-state index contributed by atoms with van der Waals surface area (Å²) < 4.78 is 36.6. The van der Waals surface area contributed by atoms with Gasteiger partial charge < -0.3 is 28.8 Å². The summed E-state index contributed by atoms with van der Waals surface area (Å²) in [5.74, 6) is 1.87. The van der Waals surface area contributed by atoms with Crippen molar-refractivity contribution < 1.29 is 32.6 Å². The number of benzene rings is 3. The molecule has 1 aliphatic rings. The maximum atomic E-state index is 13.2. The van der Waals surface area contributed by atoms with E-state index in [0.29, 0.717) is 46.1 Å². The minimum absolute atomic E-state index is 0.00127. The predicted octanol–water partition coefficient (Wildman–Crippen LogP) is 6.44. The molecule has 5 rings (SSSR count). The summed E-state index contributed by atoms with van der Waals surface area (Å²) in [7, 11) is 3.04. The van der Waals surface area contributed by atoms with Crippen LogP contribution in [-0.4, -0.2) is 37.6 Å². The summed E-state index contributed by atoms with van der Waals surface area (Å²) in [5.41, 5.74) is 1.98. The van der Waals surface area contributed by atoms with E-state index in [0.717, 1.165) is 18.4 Å². The molecule has 38 heavy (non-hydrogen) atoms. The summed E-state index contributed by atoms with van der Waals surface area (Å²) in [6.45, 7) is 2.25. The van der Waals surface area contributed by atoms with E-state index >= 15 is 0 Å². The number of methoxy groups -OCH3 is 1. The lowest BCUT2D eigenvalue weighted by Gasteiger charge is -2.25. The molecule has 9 heteroatoms. The first-order valence-corrected chi connectivity index (χ1v) is 12.2. The molecule has 196 valence electrons. The Morgan fingerprint density at radius 1 is 1.05 bits per heavy atom. The molecule has 1 N–H and O–H groups in total. The minimum atomic E-state index is -0.646. The molecule has 1 unspecified atom stereocenters. The van der Waals surface area contributed by atoms with Gasteiger partial charge in [0.1, 0.15) is 28.6 Å². The fraction of sp³-hybridized carbons (Fsp3) is 0.241. The van der Waals surface area contributed by atoms with E-state index in [2.05, 4.69) is 5.32 Å². The number of nitrogens with one attached hydrogen (secondary N) is 1. The summed E-state index contributed by atoms with van der Waals surface area (Å²) in [5, 5.41) is 3.02. The van der Waals surface area contributed by atoms with Crippen LogP contribution in [0, 0.1) is 5.82 Å². The van der Waals surface area contributed by atoms with Crippen molar-refractivity contribution in [2.45, 2.75) is 25.8 Å². The van der Waals surface area contributed by atoms with Crippen molar-refractivity contribution in [3.63, 3.8) is 0 Å². The van der Waals surface area contributed by atoms with Gasteiger partial charge in [-0.1, -0.05) is 0 Å². The van der Waals surface area contributed by atoms with Gasteiger partial charge >= 0.3 is 6.09 Å². The summed E-state index contributed by atoms with van der Waals surface area (Å²) in [6, 6.07) is 16.3. The van der Waals surface area contributed by atoms with Crippen molar-refractivity contribution in [2.75, 3.05) is 20.7 Å². The Bertz CT molecular complexity index is 1480. The van der Waals surface area contributed by atoms with Gasteiger partial charge in [-0.2, -0.15) is 0 Å². The van der Waals surface area contributed by atoms with Crippen LogP contribution in [0.4, 0.5) is 9.18 Å². The summed E-state index contributed by atoms with van der Waals surface area (Å²) in [4.78, 5) is 26.3. The monoisotopic (exact) mass is 518 g/mol. The van der Waals surface area contributed by atoms with Crippen LogP contribution in [0.3, 0.4) is 0 Å². The maximum absolute atomic E-state index is 13.2. The van der Waals surface area contributed by atoms with Crippen LogP contribution >= 0.6 is 0 Å². The molecule has 1 aromatic heterocycles. The highest BCUT2D eigenvalue weighted by molar-refractivity contribution is 5.95. The Morgan fingerprint density at radius 3 is 2.37 bits per heavy atom. The predicted molar refractivity (Wildman–Crippen MR) is 139 cm³/mol. The Morgan fingerprint density at radius 2 is 1.74 bits per heavy atom. The van der Waals surface area contributed by atoms with Gasteiger partial charge in [-0.05, 0) is 73.5 Å². The van der Waals surface area contributed by atoms with Crippen LogP contribution in [-0.2, 0) is 4.79 Å². The summed E-state index contributed by atoms with van der Waals surface area (Å²) >= 11 is 0. The summed E-state index contributed by atoms with van der Waals surface area (Å²) in [6.07, 6.45) is 1.06. The first-order valence-electron chi connectivity index (χ1n) is 12.2. The fourth-order valence-corrected chi connectivity index (χ4v) is 4.77. The van der Waals surface area contributed by atoms with Crippen molar-refractivity contribution in [3.05, 3.63) is 72.0 Å². The molecule has 0 spiro atoms. The van der Waals surface area contributed by atoms with Crippen LogP contribution in [0.1, 0.15) is 31.4 Å². The van der Waals surface area contributed by atoms with Crippen molar-refractivity contribution in [1.29, 1.82) is 0 Å². The first kappa shape index (κ1) is 25.1. The molecule has 2 amide bonds. The van der Waals surface area contributed by atoms with E-state index in [9.17, 15) is 14.0 Å². The quantitative estimate of drug-likeness (QED) is 0.316. The van der Waals surface area contributed by atoms with Gasteiger partial charge in [0.2, 0.25) is 5.91 Å². The Kier molecular flexibility index (Phi) is 6.91. The molecular weight excluding hydrogens is 491 g/mol. The molecule has 1 atom stereocenters. The molecule has 1 saturated heterocycles. The first-order chi connectivity index (χ1) is 18.4. The van der Waals surface area contributed by atoms with Gasteiger partial charge in [0, 0.05) is 31.6 Å². The second kappa shape index (κ2) is 10.5. The zero-order valence-corrected chi connectivity index (χ0v) is 21.2. The van der Waals surface area contributed by atoms with Gasteiger partial charge in [-0.25, -0.2) is 9.18 Å². The SMILES string of the molecule is CNC(=O)Oc1c(-c2ccc(Oc3ccc(F)cc3)cc2)oc2cc(C3CCCN3C(C)=O)c(OC)cc12. The number of nitrogens with zero attached hydrogens (tertiary/aromatic N) is 1. The topological polar surface area (TPSA) is 90.2 Å². The van der Waals surface area contributed by atoms with Gasteiger partial charge in [0.05, 0.1) is 18.5 Å². The molecule has 0 aliphatic carbocycles. The van der Waals surface area contributed by atoms with E-state index in [1.54, 1.807) is 56.5 Å². The fourth-order valence-electron chi connectivity index (χ4n) is 4.77. The van der Waals surface area contributed by atoms with Gasteiger partial charge in [-0.15, -0.1) is 0 Å².